The maximum atomic E-state index is 7.07. The van der Waals surface area contributed by atoms with E-state index in [1.54, 1.807) is 0 Å². The number of furan rings is 1. The van der Waals surface area contributed by atoms with Gasteiger partial charge in [0.1, 0.15) is 5.58 Å². The van der Waals surface area contributed by atoms with Crippen LogP contribution >= 0.6 is 0 Å². The number of allylic oxidation sites excluding steroid dienone is 8. The molecule has 0 bridgehead atoms. The van der Waals surface area contributed by atoms with E-state index in [1.807, 2.05) is 0 Å². The van der Waals surface area contributed by atoms with Gasteiger partial charge in [-0.05, 0) is 144 Å². The second-order valence-corrected chi connectivity index (χ2v) is 25.2. The second kappa shape index (κ2) is 22.7. The van der Waals surface area contributed by atoms with Gasteiger partial charge in [-0.15, -0.1) is 0 Å². The van der Waals surface area contributed by atoms with Crippen molar-refractivity contribution >= 4 is 28.8 Å². The molecule has 0 aliphatic carbocycles. The van der Waals surface area contributed by atoms with E-state index in [0.29, 0.717) is 30.2 Å². The van der Waals surface area contributed by atoms with Crippen LogP contribution in [0.3, 0.4) is 0 Å². The molecule has 0 saturated carbocycles. The Bertz CT molecular complexity index is 2160. The summed E-state index contributed by atoms with van der Waals surface area (Å²) in [6.07, 6.45) is 19.8. The summed E-state index contributed by atoms with van der Waals surface area (Å²) in [6, 6.07) is 18.6. The molecule has 0 aliphatic heterocycles. The number of nitrogens with one attached hydrogen (secondary N) is 2. The summed E-state index contributed by atoms with van der Waals surface area (Å²) >= 11 is 0. The molecule has 1 aromatic heterocycles. The molecule has 2 N–H and O–H groups in total. The number of fused-ring (bicyclic) bond motifs is 1. The zero-order valence-corrected chi connectivity index (χ0v) is 45.8. The zero-order valence-electron chi connectivity index (χ0n) is 45.8. The topological polar surface area (TPSA) is 37.2 Å². The van der Waals surface area contributed by atoms with Crippen LogP contribution in [0.15, 0.2) is 124 Å². The Morgan fingerprint density at radius 3 is 1.80 bits per heavy atom. The van der Waals surface area contributed by atoms with E-state index < -0.39 is 0 Å². The summed E-state index contributed by atoms with van der Waals surface area (Å²) in [5.74, 6) is 1.87. The van der Waals surface area contributed by atoms with Crippen molar-refractivity contribution in [2.45, 2.75) is 182 Å². The van der Waals surface area contributed by atoms with Crippen molar-refractivity contribution in [2.24, 2.45) is 39.9 Å². The number of benzene rings is 2. The van der Waals surface area contributed by atoms with Crippen LogP contribution in [0.25, 0.3) is 11.0 Å². The highest BCUT2D eigenvalue weighted by Crippen LogP contribution is 2.43. The van der Waals surface area contributed by atoms with Crippen molar-refractivity contribution in [3.8, 4) is 0 Å². The largest absolute Gasteiger partial charge is 0.470 e. The third-order valence-electron chi connectivity index (χ3n) is 13.4. The highest BCUT2D eigenvalue weighted by atomic mass is 16.3. The Morgan fingerprint density at radius 1 is 0.708 bits per heavy atom. The van der Waals surface area contributed by atoms with Gasteiger partial charge in [-0.1, -0.05) is 202 Å². The molecule has 0 amide bonds. The van der Waals surface area contributed by atoms with Gasteiger partial charge < -0.3 is 15.1 Å². The summed E-state index contributed by atoms with van der Waals surface area (Å²) in [6.45, 7) is 51.3. The minimum atomic E-state index is -0.185. The molecule has 0 aliphatic rings. The van der Waals surface area contributed by atoms with Gasteiger partial charge >= 0.3 is 0 Å². The lowest BCUT2D eigenvalue weighted by Gasteiger charge is -2.41. The molecule has 0 saturated heterocycles. The Balaban J connectivity index is 2.51. The van der Waals surface area contributed by atoms with Gasteiger partial charge in [0.15, 0.2) is 0 Å². The Labute approximate surface area is 401 Å². The lowest BCUT2D eigenvalue weighted by atomic mass is 9.37. The van der Waals surface area contributed by atoms with E-state index >= 15 is 0 Å². The standard InChI is InChI=1S/C61H95BN2O/c1-23-24-51(59(15,16)17)52(60(18,19)20)34-36-63-54(37-44(6)7)53(41-64-50(31-25-42(2)3)38-45(8)57(9,10)11)62(49-29-26-47(27-30-49)61(21,22)35-33-43(4)5)56-40-46-39-48(58(12,13)14)28-32-55(46)65-56/h23-24,26-32,34,36-40,42-43,51-52,63-64H,25,33,35,41H2,1-22H3/b24-23+,36-34+,45-38+,50-31+,54-53-. The summed E-state index contributed by atoms with van der Waals surface area (Å²) in [4.78, 5) is 0. The zero-order chi connectivity index (χ0) is 49.3. The van der Waals surface area contributed by atoms with Crippen molar-refractivity contribution < 1.29 is 4.42 Å². The van der Waals surface area contributed by atoms with Crippen LogP contribution in [-0.4, -0.2) is 13.3 Å². The predicted octanol–water partition coefficient (Wildman–Crippen LogP) is 16.3. The molecule has 4 heteroatoms. The quantitative estimate of drug-likeness (QED) is 0.0716. The van der Waals surface area contributed by atoms with Crippen molar-refractivity contribution in [2.75, 3.05) is 6.54 Å². The number of hydrogen-bond donors (Lipinski definition) is 2. The van der Waals surface area contributed by atoms with Crippen LogP contribution in [0.5, 0.6) is 0 Å². The molecule has 0 spiro atoms. The van der Waals surface area contributed by atoms with Crippen LogP contribution in [0.1, 0.15) is 183 Å². The van der Waals surface area contributed by atoms with Gasteiger partial charge in [0.25, 0.3) is 6.71 Å². The fraction of sp³-hybridized carbons (Fsp3) is 0.574. The predicted molar refractivity (Wildman–Crippen MR) is 292 cm³/mol. The molecule has 2 atom stereocenters. The SMILES string of the molecule is C/C=C/C(C(/C=C/N/C(C=C(C)C)=C(/CNC(=C/CC(C)C)/C=C(\C)C(C)(C)C)B(c1ccc(C(C)(C)CCC(C)C)cc1)c1cc2cc(C(C)(C)C)ccc2o1)C(C)(C)C)C(C)(C)C. The van der Waals surface area contributed by atoms with E-state index in [9.17, 15) is 0 Å². The van der Waals surface area contributed by atoms with E-state index in [4.69, 9.17) is 4.42 Å². The van der Waals surface area contributed by atoms with Crippen LogP contribution in [0.2, 0.25) is 0 Å². The highest BCUT2D eigenvalue weighted by molar-refractivity contribution is 6.90. The maximum absolute atomic E-state index is 7.07. The number of hydrogen-bond acceptors (Lipinski definition) is 3. The van der Waals surface area contributed by atoms with Crippen molar-refractivity contribution in [3.63, 3.8) is 0 Å². The molecular formula is C61H95BN2O. The summed E-state index contributed by atoms with van der Waals surface area (Å²) < 4.78 is 7.07. The lowest BCUT2D eigenvalue weighted by molar-refractivity contribution is 0.143. The fourth-order valence-electron chi connectivity index (χ4n) is 8.53. The Hall–Kier alpha value is -3.92. The maximum Gasteiger partial charge on any atom is 0.287 e. The van der Waals surface area contributed by atoms with Crippen LogP contribution in [0, 0.1) is 39.9 Å². The summed E-state index contributed by atoms with van der Waals surface area (Å²) in [5, 5.41) is 9.15. The molecule has 3 aromatic rings. The molecule has 65 heavy (non-hydrogen) atoms. The summed E-state index contributed by atoms with van der Waals surface area (Å²) in [7, 11) is 0. The first-order valence-corrected chi connectivity index (χ1v) is 25.1. The lowest BCUT2D eigenvalue weighted by Crippen LogP contribution is -2.47. The third kappa shape index (κ3) is 16.7. The third-order valence-corrected chi connectivity index (χ3v) is 13.4. The van der Waals surface area contributed by atoms with Gasteiger partial charge in [-0.3, -0.25) is 0 Å². The monoisotopic (exact) mass is 883 g/mol. The average molecular weight is 883 g/mol. The van der Waals surface area contributed by atoms with Gasteiger partial charge in [0.05, 0.1) is 5.66 Å². The highest BCUT2D eigenvalue weighted by Gasteiger charge is 2.36. The van der Waals surface area contributed by atoms with Crippen molar-refractivity contribution in [3.05, 3.63) is 130 Å². The molecule has 3 rings (SSSR count). The first-order valence-electron chi connectivity index (χ1n) is 25.1. The molecule has 358 valence electrons. The molecule has 3 nitrogen and oxygen atoms in total. The average Bonchev–Trinajstić information content (AvgIpc) is 3.59. The van der Waals surface area contributed by atoms with Crippen molar-refractivity contribution in [1.82, 2.24) is 10.6 Å². The normalized spacial score (nSPS) is 15.3. The summed E-state index contributed by atoms with van der Waals surface area (Å²) in [5.41, 5.74) is 12.1. The van der Waals surface area contributed by atoms with E-state index in [-0.39, 0.29) is 33.8 Å². The minimum Gasteiger partial charge on any atom is -0.470 e. The molecule has 0 radical (unpaired) electrons. The van der Waals surface area contributed by atoms with Crippen LogP contribution in [-0.2, 0) is 10.8 Å². The minimum absolute atomic E-state index is 0.0202. The van der Waals surface area contributed by atoms with Crippen LogP contribution in [0.4, 0.5) is 0 Å². The first kappa shape index (κ1) is 55.4. The van der Waals surface area contributed by atoms with Gasteiger partial charge in [0.2, 0.25) is 0 Å². The second-order valence-electron chi connectivity index (χ2n) is 25.2. The van der Waals surface area contributed by atoms with Gasteiger partial charge in [0, 0.05) is 23.3 Å². The molecule has 1 heterocycles. The van der Waals surface area contributed by atoms with Gasteiger partial charge in [-0.2, -0.15) is 0 Å². The molecular weight excluding hydrogens is 787 g/mol. The Kier molecular flexibility index (Phi) is 19.4. The first-order chi connectivity index (χ1) is 29.8. The number of rotatable bonds is 19. The van der Waals surface area contributed by atoms with E-state index in [2.05, 4.69) is 254 Å². The Morgan fingerprint density at radius 2 is 1.29 bits per heavy atom. The fourth-order valence-corrected chi connectivity index (χ4v) is 8.53. The van der Waals surface area contributed by atoms with Gasteiger partial charge in [-0.25, -0.2) is 0 Å². The van der Waals surface area contributed by atoms with E-state index in [0.717, 1.165) is 40.9 Å². The smallest absolute Gasteiger partial charge is 0.287 e. The van der Waals surface area contributed by atoms with Crippen molar-refractivity contribution in [1.29, 1.82) is 0 Å². The molecule has 2 unspecified atom stereocenters. The van der Waals surface area contributed by atoms with Crippen LogP contribution < -0.4 is 21.8 Å². The van der Waals surface area contributed by atoms with E-state index in [1.165, 1.54) is 39.6 Å². The molecule has 0 fully saturated rings. The molecule has 2 aromatic carbocycles.